The predicted octanol–water partition coefficient (Wildman–Crippen LogP) is 4.86. The zero-order chi connectivity index (χ0) is 21.1. The lowest BCUT2D eigenvalue weighted by Gasteiger charge is -2.39. The van der Waals surface area contributed by atoms with Gasteiger partial charge in [0.2, 0.25) is 5.91 Å². The molecule has 0 atom stereocenters. The van der Waals surface area contributed by atoms with E-state index in [-0.39, 0.29) is 5.92 Å². The molecule has 160 valence electrons. The normalized spacial score (nSPS) is 18.6. The summed E-state index contributed by atoms with van der Waals surface area (Å²) in [6, 6.07) is 14.1. The van der Waals surface area contributed by atoms with Crippen molar-refractivity contribution >= 4 is 34.8 Å². The lowest BCUT2D eigenvalue weighted by Crippen LogP contribution is -2.51. The molecule has 4 nitrogen and oxygen atoms in total. The number of rotatable bonds is 4. The van der Waals surface area contributed by atoms with Gasteiger partial charge in [-0.3, -0.25) is 9.69 Å². The molecule has 0 spiro atoms. The molecule has 6 heteroatoms. The van der Waals surface area contributed by atoms with Gasteiger partial charge in [0, 0.05) is 54.4 Å². The van der Waals surface area contributed by atoms with Crippen molar-refractivity contribution in [3.8, 4) is 0 Å². The third kappa shape index (κ3) is 5.11. The van der Waals surface area contributed by atoms with Crippen LogP contribution in [0.1, 0.15) is 24.0 Å². The number of hydrogen-bond acceptors (Lipinski definition) is 3. The fourth-order valence-corrected chi connectivity index (χ4v) is 4.96. The number of piperidine rings is 1. The van der Waals surface area contributed by atoms with Crippen LogP contribution < -0.4 is 4.90 Å². The fourth-order valence-electron chi connectivity index (χ4n) is 4.58. The number of benzene rings is 2. The fraction of sp³-hybridized carbons (Fsp3) is 0.458. The zero-order valence-electron chi connectivity index (χ0n) is 17.5. The van der Waals surface area contributed by atoms with Gasteiger partial charge in [0.1, 0.15) is 0 Å². The second-order valence-electron chi connectivity index (χ2n) is 8.42. The van der Waals surface area contributed by atoms with Crippen molar-refractivity contribution in [1.82, 2.24) is 9.80 Å². The van der Waals surface area contributed by atoms with Crippen LogP contribution in [0.15, 0.2) is 42.5 Å². The summed E-state index contributed by atoms with van der Waals surface area (Å²) in [4.78, 5) is 19.9. The first-order chi connectivity index (χ1) is 14.5. The van der Waals surface area contributed by atoms with Gasteiger partial charge in [0.25, 0.3) is 0 Å². The molecule has 0 N–H and O–H groups in total. The number of carbonyl (C=O) groups is 1. The second kappa shape index (κ2) is 9.59. The number of hydrogen-bond donors (Lipinski definition) is 0. The van der Waals surface area contributed by atoms with Gasteiger partial charge >= 0.3 is 0 Å². The second-order valence-corrected chi connectivity index (χ2v) is 9.30. The van der Waals surface area contributed by atoms with Crippen LogP contribution in [0.2, 0.25) is 10.0 Å². The first kappa shape index (κ1) is 21.5. The van der Waals surface area contributed by atoms with Gasteiger partial charge in [-0.15, -0.1) is 0 Å². The van der Waals surface area contributed by atoms with Crippen molar-refractivity contribution in [1.29, 1.82) is 0 Å². The topological polar surface area (TPSA) is 26.8 Å². The third-order valence-electron chi connectivity index (χ3n) is 6.34. The van der Waals surface area contributed by atoms with Crippen molar-refractivity contribution in [3.05, 3.63) is 63.6 Å². The van der Waals surface area contributed by atoms with E-state index in [2.05, 4.69) is 33.8 Å². The number of nitrogens with zero attached hydrogens (tertiary/aromatic N) is 3. The number of anilines is 1. The third-order valence-corrected chi connectivity index (χ3v) is 6.81. The standard InChI is InChI=1S/C24H29Cl2N3O/c1-18-5-6-22(26)16-23(18)28-11-13-29(14-12-28)24(30)20-7-9-27(10-8-20)17-19-3-2-4-21(25)15-19/h2-6,15-16,20H,7-14,17H2,1H3. The van der Waals surface area contributed by atoms with Crippen LogP contribution in [0.25, 0.3) is 0 Å². The minimum atomic E-state index is 0.153. The van der Waals surface area contributed by atoms with Gasteiger partial charge in [-0.25, -0.2) is 0 Å². The van der Waals surface area contributed by atoms with Gasteiger partial charge in [-0.05, 0) is 68.2 Å². The Bertz CT molecular complexity index is 888. The summed E-state index contributed by atoms with van der Waals surface area (Å²) in [5.74, 6) is 0.486. The maximum absolute atomic E-state index is 13.1. The van der Waals surface area contributed by atoms with Crippen molar-refractivity contribution in [2.24, 2.45) is 5.92 Å². The molecule has 0 radical (unpaired) electrons. The van der Waals surface area contributed by atoms with E-state index in [1.807, 2.05) is 30.3 Å². The van der Waals surface area contributed by atoms with E-state index in [0.29, 0.717) is 5.91 Å². The summed E-state index contributed by atoms with van der Waals surface area (Å²) in [5, 5.41) is 1.54. The molecular weight excluding hydrogens is 417 g/mol. The quantitative estimate of drug-likeness (QED) is 0.671. The minimum absolute atomic E-state index is 0.153. The first-order valence-electron chi connectivity index (χ1n) is 10.8. The molecule has 0 bridgehead atoms. The van der Waals surface area contributed by atoms with E-state index in [1.165, 1.54) is 16.8 Å². The lowest BCUT2D eigenvalue weighted by molar-refractivity contribution is -0.137. The molecule has 0 aromatic heterocycles. The maximum Gasteiger partial charge on any atom is 0.225 e. The zero-order valence-corrected chi connectivity index (χ0v) is 19.0. The van der Waals surface area contributed by atoms with E-state index < -0.39 is 0 Å². The molecule has 1 amide bonds. The summed E-state index contributed by atoms with van der Waals surface area (Å²) in [5.41, 5.74) is 3.65. The van der Waals surface area contributed by atoms with E-state index in [4.69, 9.17) is 23.2 Å². The Kier molecular flexibility index (Phi) is 6.87. The lowest BCUT2D eigenvalue weighted by atomic mass is 9.94. The van der Waals surface area contributed by atoms with Crippen LogP contribution >= 0.6 is 23.2 Å². The Hall–Kier alpha value is -1.75. The van der Waals surface area contributed by atoms with Crippen molar-refractivity contribution < 1.29 is 4.79 Å². The minimum Gasteiger partial charge on any atom is -0.368 e. The van der Waals surface area contributed by atoms with E-state index in [0.717, 1.165) is 68.7 Å². The SMILES string of the molecule is Cc1ccc(Cl)cc1N1CCN(C(=O)C2CCN(Cc3cccc(Cl)c3)CC2)CC1. The highest BCUT2D eigenvalue weighted by molar-refractivity contribution is 6.31. The van der Waals surface area contributed by atoms with Gasteiger partial charge in [0.05, 0.1) is 0 Å². The molecule has 2 saturated heterocycles. The monoisotopic (exact) mass is 445 g/mol. The summed E-state index contributed by atoms with van der Waals surface area (Å²) >= 11 is 12.3. The maximum atomic E-state index is 13.1. The van der Waals surface area contributed by atoms with Crippen molar-refractivity contribution in [3.63, 3.8) is 0 Å². The number of piperazine rings is 1. The molecule has 2 aliphatic heterocycles. The molecule has 4 rings (SSSR count). The molecule has 0 saturated carbocycles. The highest BCUT2D eigenvalue weighted by atomic mass is 35.5. The van der Waals surface area contributed by atoms with Crippen LogP contribution in [-0.2, 0) is 11.3 Å². The highest BCUT2D eigenvalue weighted by Gasteiger charge is 2.30. The number of aryl methyl sites for hydroxylation is 1. The summed E-state index contributed by atoms with van der Waals surface area (Å²) in [7, 11) is 0. The average Bonchev–Trinajstić information content (AvgIpc) is 2.76. The molecule has 0 aliphatic carbocycles. The van der Waals surface area contributed by atoms with E-state index in [1.54, 1.807) is 0 Å². The van der Waals surface area contributed by atoms with E-state index >= 15 is 0 Å². The van der Waals surface area contributed by atoms with Crippen LogP contribution in [0.5, 0.6) is 0 Å². The number of amides is 1. The van der Waals surface area contributed by atoms with Gasteiger partial charge in [0.15, 0.2) is 0 Å². The Morgan fingerprint density at radius 2 is 1.63 bits per heavy atom. The largest absolute Gasteiger partial charge is 0.368 e. The summed E-state index contributed by atoms with van der Waals surface area (Å²) < 4.78 is 0. The molecule has 30 heavy (non-hydrogen) atoms. The summed E-state index contributed by atoms with van der Waals surface area (Å²) in [6.45, 7) is 8.23. The summed E-state index contributed by atoms with van der Waals surface area (Å²) in [6.07, 6.45) is 1.88. The Morgan fingerprint density at radius 1 is 0.933 bits per heavy atom. The molecule has 2 fully saturated rings. The van der Waals surface area contributed by atoms with E-state index in [9.17, 15) is 4.79 Å². The molecular formula is C24H29Cl2N3O. The van der Waals surface area contributed by atoms with Crippen LogP contribution in [0.3, 0.4) is 0 Å². The first-order valence-corrected chi connectivity index (χ1v) is 11.5. The smallest absolute Gasteiger partial charge is 0.225 e. The number of carbonyl (C=O) groups excluding carboxylic acids is 1. The molecule has 2 aromatic rings. The highest BCUT2D eigenvalue weighted by Crippen LogP contribution is 2.27. The Labute approximate surface area is 189 Å². The van der Waals surface area contributed by atoms with Gasteiger partial charge in [-0.2, -0.15) is 0 Å². The molecule has 2 aromatic carbocycles. The van der Waals surface area contributed by atoms with Crippen LogP contribution in [0, 0.1) is 12.8 Å². The van der Waals surface area contributed by atoms with Gasteiger partial charge < -0.3 is 9.80 Å². The number of halogens is 2. The Balaban J connectivity index is 1.26. The van der Waals surface area contributed by atoms with Crippen LogP contribution in [-0.4, -0.2) is 55.0 Å². The predicted molar refractivity (Wildman–Crippen MR) is 124 cm³/mol. The Morgan fingerprint density at radius 3 is 2.33 bits per heavy atom. The number of likely N-dealkylation sites (tertiary alicyclic amines) is 1. The molecule has 2 heterocycles. The van der Waals surface area contributed by atoms with Crippen molar-refractivity contribution in [2.45, 2.75) is 26.3 Å². The van der Waals surface area contributed by atoms with Gasteiger partial charge in [-0.1, -0.05) is 41.4 Å². The van der Waals surface area contributed by atoms with Crippen LogP contribution in [0.4, 0.5) is 5.69 Å². The average molecular weight is 446 g/mol. The van der Waals surface area contributed by atoms with Crippen molar-refractivity contribution in [2.75, 3.05) is 44.2 Å². The molecule has 0 unspecified atom stereocenters. The molecule has 2 aliphatic rings.